The Morgan fingerprint density at radius 1 is 1.10 bits per heavy atom. The van der Waals surface area contributed by atoms with E-state index in [4.69, 9.17) is 28.0 Å². The number of nitrogens with zero attached hydrogens (tertiary/aromatic N) is 2. The third kappa shape index (κ3) is 3.07. The molecule has 3 nitrogen and oxygen atoms in total. The fraction of sp³-hybridized carbons (Fsp3) is 0.938. The first-order valence-corrected chi connectivity index (χ1v) is 9.05. The van der Waals surface area contributed by atoms with E-state index in [0.29, 0.717) is 23.8 Å². The van der Waals surface area contributed by atoms with Gasteiger partial charge in [0.15, 0.2) is 0 Å². The van der Waals surface area contributed by atoms with Crippen LogP contribution >= 0.6 is 23.2 Å². The van der Waals surface area contributed by atoms with Gasteiger partial charge in [0.1, 0.15) is 7.11 Å². The fourth-order valence-electron chi connectivity index (χ4n) is 4.89. The SMILES string of the molecule is CO/N=C/[C@H]1C2CC[C@H](C[C@@H]1C1CCC(Cl)C(Cl)C1)N2C. The third-order valence-corrected chi connectivity index (χ3v) is 7.19. The summed E-state index contributed by atoms with van der Waals surface area (Å²) in [6.07, 6.45) is 9.26. The molecule has 3 rings (SSSR count). The van der Waals surface area contributed by atoms with Crippen molar-refractivity contribution in [2.45, 2.75) is 61.4 Å². The Bertz CT molecular complexity index is 392. The predicted molar refractivity (Wildman–Crippen MR) is 88.3 cm³/mol. The maximum absolute atomic E-state index is 6.45. The van der Waals surface area contributed by atoms with Crippen LogP contribution in [0.25, 0.3) is 0 Å². The lowest BCUT2D eigenvalue weighted by Crippen LogP contribution is -2.50. The molecule has 0 aromatic carbocycles. The zero-order valence-electron chi connectivity index (χ0n) is 12.9. The normalized spacial score (nSPS) is 47.9. The summed E-state index contributed by atoms with van der Waals surface area (Å²) < 4.78 is 0. The second-order valence-corrected chi connectivity index (χ2v) is 8.10. The van der Waals surface area contributed by atoms with Crippen molar-refractivity contribution in [3.05, 3.63) is 0 Å². The molecule has 3 aliphatic rings. The van der Waals surface area contributed by atoms with Gasteiger partial charge in [0, 0.05) is 29.6 Å². The molecule has 3 fully saturated rings. The summed E-state index contributed by atoms with van der Waals surface area (Å²) in [4.78, 5) is 7.53. The van der Waals surface area contributed by atoms with Crippen molar-refractivity contribution in [2.75, 3.05) is 14.2 Å². The van der Waals surface area contributed by atoms with Gasteiger partial charge in [-0.1, -0.05) is 5.16 Å². The molecule has 0 aromatic rings. The molecule has 4 unspecified atom stereocenters. The highest BCUT2D eigenvalue weighted by Crippen LogP contribution is 2.48. The number of halogens is 2. The number of rotatable bonds is 3. The van der Waals surface area contributed by atoms with Gasteiger partial charge in [-0.25, -0.2) is 0 Å². The first-order chi connectivity index (χ1) is 10.1. The van der Waals surface area contributed by atoms with E-state index >= 15 is 0 Å². The Morgan fingerprint density at radius 2 is 1.90 bits per heavy atom. The minimum absolute atomic E-state index is 0.128. The molecule has 2 bridgehead atoms. The van der Waals surface area contributed by atoms with Gasteiger partial charge in [-0.3, -0.25) is 4.90 Å². The summed E-state index contributed by atoms with van der Waals surface area (Å²) in [5, 5.41) is 4.39. The second-order valence-electron chi connectivity index (χ2n) is 6.98. The number of alkyl halides is 2. The number of hydrogen-bond donors (Lipinski definition) is 0. The molecule has 7 atom stereocenters. The molecule has 1 aliphatic carbocycles. The molecule has 0 spiro atoms. The Morgan fingerprint density at radius 3 is 2.62 bits per heavy atom. The number of hydrogen-bond acceptors (Lipinski definition) is 3. The molecule has 0 aromatic heterocycles. The summed E-state index contributed by atoms with van der Waals surface area (Å²) in [5.41, 5.74) is 0. The van der Waals surface area contributed by atoms with Crippen LogP contribution in [0.1, 0.15) is 38.5 Å². The van der Waals surface area contributed by atoms with Crippen molar-refractivity contribution in [3.63, 3.8) is 0 Å². The largest absolute Gasteiger partial charge is 0.399 e. The average molecular weight is 333 g/mol. The van der Waals surface area contributed by atoms with Gasteiger partial charge in [0.2, 0.25) is 0 Å². The Hall–Kier alpha value is 0.01000. The molecule has 1 saturated carbocycles. The zero-order valence-corrected chi connectivity index (χ0v) is 14.4. The monoisotopic (exact) mass is 332 g/mol. The van der Waals surface area contributed by atoms with Crippen LogP contribution in [0.15, 0.2) is 5.16 Å². The summed E-state index contributed by atoms with van der Waals surface area (Å²) in [6, 6.07) is 1.37. The van der Waals surface area contributed by atoms with Crippen LogP contribution in [0.2, 0.25) is 0 Å². The maximum atomic E-state index is 6.45. The van der Waals surface area contributed by atoms with Crippen molar-refractivity contribution in [1.82, 2.24) is 4.90 Å². The van der Waals surface area contributed by atoms with E-state index in [1.807, 2.05) is 0 Å². The van der Waals surface area contributed by atoms with Crippen LogP contribution in [-0.4, -0.2) is 48.1 Å². The molecule has 0 radical (unpaired) electrons. The van der Waals surface area contributed by atoms with Crippen molar-refractivity contribution in [1.29, 1.82) is 0 Å². The number of fused-ring (bicyclic) bond motifs is 2. The van der Waals surface area contributed by atoms with Gasteiger partial charge >= 0.3 is 0 Å². The van der Waals surface area contributed by atoms with Crippen LogP contribution in [0.5, 0.6) is 0 Å². The maximum Gasteiger partial charge on any atom is 0.106 e. The predicted octanol–water partition coefficient (Wildman–Crippen LogP) is 3.73. The van der Waals surface area contributed by atoms with Crippen LogP contribution in [0, 0.1) is 17.8 Å². The Kier molecular flexibility index (Phi) is 5.02. The van der Waals surface area contributed by atoms with Crippen molar-refractivity contribution < 1.29 is 4.84 Å². The molecule has 21 heavy (non-hydrogen) atoms. The molecule has 2 aliphatic heterocycles. The van der Waals surface area contributed by atoms with E-state index in [9.17, 15) is 0 Å². The number of oxime groups is 1. The molecule has 0 amide bonds. The zero-order chi connectivity index (χ0) is 15.0. The van der Waals surface area contributed by atoms with Crippen molar-refractivity contribution in [2.24, 2.45) is 22.9 Å². The quantitative estimate of drug-likeness (QED) is 0.447. The molecule has 2 saturated heterocycles. The van der Waals surface area contributed by atoms with E-state index in [-0.39, 0.29) is 10.8 Å². The van der Waals surface area contributed by atoms with Gasteiger partial charge in [-0.05, 0) is 57.4 Å². The standard InChI is InChI=1S/C16H26Cl2N2O/c1-20-11-4-6-16(20)13(9-19-21-2)12(8-11)10-3-5-14(17)15(18)7-10/h9-16H,3-8H2,1-2H3/b19-9+/t10?,11-,12-,13-,14?,15?,16?/m1/s1. The van der Waals surface area contributed by atoms with Gasteiger partial charge in [0.05, 0.1) is 5.38 Å². The number of piperidine rings is 1. The van der Waals surface area contributed by atoms with E-state index in [2.05, 4.69) is 23.3 Å². The summed E-state index contributed by atoms with van der Waals surface area (Å²) >= 11 is 12.7. The molecular formula is C16H26Cl2N2O. The molecule has 5 heteroatoms. The molecule has 2 heterocycles. The lowest BCUT2D eigenvalue weighted by molar-refractivity contribution is 0.0587. The van der Waals surface area contributed by atoms with Gasteiger partial charge in [-0.15, -0.1) is 23.2 Å². The summed E-state index contributed by atoms with van der Waals surface area (Å²) in [6.45, 7) is 0. The Balaban J connectivity index is 1.77. The highest BCUT2D eigenvalue weighted by atomic mass is 35.5. The van der Waals surface area contributed by atoms with E-state index in [0.717, 1.165) is 18.9 Å². The van der Waals surface area contributed by atoms with Crippen molar-refractivity contribution >= 4 is 29.4 Å². The third-order valence-electron chi connectivity index (χ3n) is 6.06. The van der Waals surface area contributed by atoms with Crippen LogP contribution in [-0.2, 0) is 4.84 Å². The van der Waals surface area contributed by atoms with E-state index < -0.39 is 0 Å². The molecular weight excluding hydrogens is 307 g/mol. The Labute approximate surface area is 138 Å². The minimum Gasteiger partial charge on any atom is -0.399 e. The van der Waals surface area contributed by atoms with Gasteiger partial charge < -0.3 is 4.84 Å². The van der Waals surface area contributed by atoms with Crippen LogP contribution in [0.4, 0.5) is 0 Å². The summed E-state index contributed by atoms with van der Waals surface area (Å²) in [7, 11) is 3.90. The topological polar surface area (TPSA) is 24.8 Å². The van der Waals surface area contributed by atoms with E-state index in [1.54, 1.807) is 7.11 Å². The second kappa shape index (κ2) is 6.64. The molecule has 120 valence electrons. The van der Waals surface area contributed by atoms with Crippen LogP contribution < -0.4 is 0 Å². The first kappa shape index (κ1) is 15.9. The first-order valence-electron chi connectivity index (χ1n) is 8.18. The average Bonchev–Trinajstić information content (AvgIpc) is 2.72. The van der Waals surface area contributed by atoms with Crippen molar-refractivity contribution in [3.8, 4) is 0 Å². The lowest BCUT2D eigenvalue weighted by atomic mass is 9.68. The highest BCUT2D eigenvalue weighted by molar-refractivity contribution is 6.30. The van der Waals surface area contributed by atoms with E-state index in [1.165, 1.54) is 25.7 Å². The smallest absolute Gasteiger partial charge is 0.106 e. The molecule has 0 N–H and O–H groups in total. The minimum atomic E-state index is 0.128. The fourth-order valence-corrected chi connectivity index (χ4v) is 5.48. The van der Waals surface area contributed by atoms with Gasteiger partial charge in [-0.2, -0.15) is 0 Å². The van der Waals surface area contributed by atoms with Crippen LogP contribution in [0.3, 0.4) is 0 Å². The summed E-state index contributed by atoms with van der Waals surface area (Å²) in [5.74, 6) is 1.87. The lowest BCUT2D eigenvalue weighted by Gasteiger charge is -2.46. The highest BCUT2D eigenvalue weighted by Gasteiger charge is 2.48. The van der Waals surface area contributed by atoms with Gasteiger partial charge in [0.25, 0.3) is 0 Å².